The molecule has 0 unspecified atom stereocenters. The molecular weight excluding hydrogens is 362 g/mol. The van der Waals surface area contributed by atoms with Crippen LogP contribution in [0.3, 0.4) is 0 Å². The minimum Gasteiger partial charge on any atom is -0.508 e. The Morgan fingerprint density at radius 2 is 1.93 bits per heavy atom. The standard InChI is InChI=1S/C21H21NO4S/c1-2-3-4-20(24)22-16-6-9-18(10-7-16)27-13-15-11-14-5-8-17(23)12-19(14)26-21(15)25/h5-12,23H,2-4,13H2,1H3,(H,22,24). The molecule has 0 saturated heterocycles. The summed E-state index contributed by atoms with van der Waals surface area (Å²) in [5.41, 5.74) is 1.30. The number of benzene rings is 2. The highest BCUT2D eigenvalue weighted by molar-refractivity contribution is 7.98. The summed E-state index contributed by atoms with van der Waals surface area (Å²) in [6.45, 7) is 2.05. The molecule has 3 rings (SSSR count). The lowest BCUT2D eigenvalue weighted by molar-refractivity contribution is -0.116. The van der Waals surface area contributed by atoms with Crippen LogP contribution in [0, 0.1) is 0 Å². The van der Waals surface area contributed by atoms with E-state index in [1.165, 1.54) is 17.8 Å². The molecule has 0 radical (unpaired) electrons. The average molecular weight is 383 g/mol. The van der Waals surface area contributed by atoms with Crippen LogP contribution in [0.2, 0.25) is 0 Å². The van der Waals surface area contributed by atoms with Crippen LogP contribution >= 0.6 is 11.8 Å². The monoisotopic (exact) mass is 383 g/mol. The van der Waals surface area contributed by atoms with E-state index in [-0.39, 0.29) is 11.7 Å². The number of carbonyl (C=O) groups is 1. The third kappa shape index (κ3) is 5.14. The second kappa shape index (κ2) is 8.77. The van der Waals surface area contributed by atoms with Crippen LogP contribution < -0.4 is 10.9 Å². The first kappa shape index (κ1) is 19.0. The van der Waals surface area contributed by atoms with E-state index in [1.54, 1.807) is 18.2 Å². The number of phenols is 1. The van der Waals surface area contributed by atoms with Gasteiger partial charge >= 0.3 is 5.63 Å². The highest BCUT2D eigenvalue weighted by atomic mass is 32.2. The second-order valence-corrected chi connectivity index (χ2v) is 7.29. The van der Waals surface area contributed by atoms with Crippen molar-refractivity contribution in [1.82, 2.24) is 0 Å². The van der Waals surface area contributed by atoms with Crippen LogP contribution in [0.25, 0.3) is 11.0 Å². The van der Waals surface area contributed by atoms with E-state index < -0.39 is 5.63 Å². The molecule has 0 aliphatic carbocycles. The molecule has 0 saturated carbocycles. The number of unbranched alkanes of at least 4 members (excludes halogenated alkanes) is 1. The van der Waals surface area contributed by atoms with Gasteiger partial charge in [-0.2, -0.15) is 0 Å². The minimum atomic E-state index is -0.402. The van der Waals surface area contributed by atoms with Gasteiger partial charge < -0.3 is 14.8 Å². The zero-order valence-corrected chi connectivity index (χ0v) is 15.8. The molecule has 6 heteroatoms. The number of nitrogens with one attached hydrogen (secondary N) is 1. The summed E-state index contributed by atoms with van der Waals surface area (Å²) in [5.74, 6) is 0.563. The SMILES string of the molecule is CCCCC(=O)Nc1ccc(SCc2cc3ccc(O)cc3oc2=O)cc1. The van der Waals surface area contributed by atoms with Gasteiger partial charge in [-0.15, -0.1) is 11.8 Å². The van der Waals surface area contributed by atoms with Crippen molar-refractivity contribution >= 4 is 34.3 Å². The smallest absolute Gasteiger partial charge is 0.340 e. The first-order valence-electron chi connectivity index (χ1n) is 8.83. The number of thioether (sulfide) groups is 1. The van der Waals surface area contributed by atoms with Crippen molar-refractivity contribution in [2.45, 2.75) is 36.8 Å². The lowest BCUT2D eigenvalue weighted by atomic mass is 10.2. The zero-order chi connectivity index (χ0) is 19.2. The summed E-state index contributed by atoms with van der Waals surface area (Å²) in [6.07, 6.45) is 2.41. The molecule has 0 atom stereocenters. The van der Waals surface area contributed by atoms with E-state index in [4.69, 9.17) is 4.42 Å². The van der Waals surface area contributed by atoms with Gasteiger partial charge in [0.15, 0.2) is 0 Å². The number of aromatic hydroxyl groups is 1. The Morgan fingerprint density at radius 1 is 1.15 bits per heavy atom. The fourth-order valence-corrected chi connectivity index (χ4v) is 3.45. The Bertz CT molecular complexity index is 995. The summed E-state index contributed by atoms with van der Waals surface area (Å²) >= 11 is 1.52. The van der Waals surface area contributed by atoms with E-state index in [0.717, 1.165) is 28.8 Å². The number of anilines is 1. The van der Waals surface area contributed by atoms with Gasteiger partial charge in [0.2, 0.25) is 5.91 Å². The van der Waals surface area contributed by atoms with E-state index in [0.29, 0.717) is 23.3 Å². The Balaban J connectivity index is 1.64. The van der Waals surface area contributed by atoms with Crippen molar-refractivity contribution < 1.29 is 14.3 Å². The molecule has 1 aromatic heterocycles. The first-order valence-corrected chi connectivity index (χ1v) is 9.82. The normalized spacial score (nSPS) is 10.9. The molecule has 27 heavy (non-hydrogen) atoms. The van der Waals surface area contributed by atoms with Gasteiger partial charge in [-0.1, -0.05) is 13.3 Å². The molecule has 5 nitrogen and oxygen atoms in total. The van der Waals surface area contributed by atoms with Crippen LogP contribution in [0.4, 0.5) is 5.69 Å². The molecule has 140 valence electrons. The van der Waals surface area contributed by atoms with Crippen LogP contribution in [0.1, 0.15) is 31.7 Å². The van der Waals surface area contributed by atoms with E-state index >= 15 is 0 Å². The van der Waals surface area contributed by atoms with Crippen molar-refractivity contribution in [3.05, 3.63) is 64.5 Å². The maximum absolute atomic E-state index is 12.1. The second-order valence-electron chi connectivity index (χ2n) is 6.25. The highest BCUT2D eigenvalue weighted by Crippen LogP contribution is 2.25. The minimum absolute atomic E-state index is 0.0251. The van der Waals surface area contributed by atoms with Crippen LogP contribution in [0.15, 0.2) is 62.6 Å². The Kier molecular flexibility index (Phi) is 6.19. The lowest BCUT2D eigenvalue weighted by Crippen LogP contribution is -2.10. The third-order valence-corrected chi connectivity index (χ3v) is 5.14. The lowest BCUT2D eigenvalue weighted by Gasteiger charge is -2.06. The van der Waals surface area contributed by atoms with E-state index in [2.05, 4.69) is 12.2 Å². The van der Waals surface area contributed by atoms with Gasteiger partial charge in [-0.3, -0.25) is 4.79 Å². The summed E-state index contributed by atoms with van der Waals surface area (Å²) in [4.78, 5) is 24.9. The average Bonchev–Trinajstić information content (AvgIpc) is 2.66. The first-order chi connectivity index (χ1) is 13.0. The summed E-state index contributed by atoms with van der Waals surface area (Å²) < 4.78 is 5.28. The predicted molar refractivity (Wildman–Crippen MR) is 108 cm³/mol. The number of hydrogen-bond acceptors (Lipinski definition) is 5. The quantitative estimate of drug-likeness (QED) is 0.447. The zero-order valence-electron chi connectivity index (χ0n) is 15.0. The molecule has 1 heterocycles. The maximum atomic E-state index is 12.1. The molecule has 0 bridgehead atoms. The Hall–Kier alpha value is -2.73. The number of carbonyl (C=O) groups excluding carboxylic acids is 1. The largest absolute Gasteiger partial charge is 0.508 e. The van der Waals surface area contributed by atoms with Crippen molar-refractivity contribution in [2.75, 3.05) is 5.32 Å². The van der Waals surface area contributed by atoms with Gasteiger partial charge in [0.05, 0.1) is 0 Å². The van der Waals surface area contributed by atoms with Gasteiger partial charge in [-0.25, -0.2) is 4.79 Å². The Labute approximate surface area is 161 Å². The topological polar surface area (TPSA) is 79.5 Å². The fraction of sp³-hybridized carbons (Fsp3) is 0.238. The Morgan fingerprint density at radius 3 is 2.67 bits per heavy atom. The molecule has 0 aliphatic rings. The van der Waals surface area contributed by atoms with Crippen molar-refractivity contribution in [2.24, 2.45) is 0 Å². The molecular formula is C21H21NO4S. The third-order valence-electron chi connectivity index (χ3n) is 4.08. The van der Waals surface area contributed by atoms with Crippen molar-refractivity contribution in [1.29, 1.82) is 0 Å². The molecule has 2 aromatic carbocycles. The predicted octanol–water partition coefficient (Wildman–Crippen LogP) is 4.92. The summed E-state index contributed by atoms with van der Waals surface area (Å²) in [5, 5.41) is 13.1. The fourth-order valence-electron chi connectivity index (χ4n) is 2.60. The van der Waals surface area contributed by atoms with Crippen LogP contribution in [-0.2, 0) is 10.5 Å². The van der Waals surface area contributed by atoms with Crippen molar-refractivity contribution in [3.8, 4) is 5.75 Å². The van der Waals surface area contributed by atoms with Crippen LogP contribution in [0.5, 0.6) is 5.75 Å². The van der Waals surface area contributed by atoms with E-state index in [9.17, 15) is 14.7 Å². The molecule has 0 spiro atoms. The number of phenolic OH excluding ortho intramolecular Hbond substituents is 1. The maximum Gasteiger partial charge on any atom is 0.340 e. The highest BCUT2D eigenvalue weighted by Gasteiger charge is 2.07. The molecule has 2 N–H and O–H groups in total. The van der Waals surface area contributed by atoms with Gasteiger partial charge in [0.25, 0.3) is 0 Å². The number of rotatable bonds is 7. The van der Waals surface area contributed by atoms with Gasteiger partial charge in [0, 0.05) is 39.8 Å². The van der Waals surface area contributed by atoms with E-state index in [1.807, 2.05) is 24.3 Å². The summed E-state index contributed by atoms with van der Waals surface area (Å²) in [7, 11) is 0. The van der Waals surface area contributed by atoms with Gasteiger partial charge in [0.1, 0.15) is 11.3 Å². The molecule has 0 fully saturated rings. The van der Waals surface area contributed by atoms with Gasteiger partial charge in [-0.05, 0) is 48.9 Å². The number of amides is 1. The number of fused-ring (bicyclic) bond motifs is 1. The molecule has 0 aliphatic heterocycles. The molecule has 3 aromatic rings. The van der Waals surface area contributed by atoms with Crippen LogP contribution in [-0.4, -0.2) is 11.0 Å². The van der Waals surface area contributed by atoms with Crippen molar-refractivity contribution in [3.63, 3.8) is 0 Å². The molecule has 1 amide bonds. The summed E-state index contributed by atoms with van der Waals surface area (Å²) in [6, 6.07) is 14.1. The number of hydrogen-bond donors (Lipinski definition) is 2.